The minimum absolute atomic E-state index is 0.0377. The van der Waals surface area contributed by atoms with Gasteiger partial charge in [-0.05, 0) is 42.3 Å². The number of rotatable bonds is 12. The number of amides is 3. The van der Waals surface area contributed by atoms with Gasteiger partial charge >= 0.3 is 6.03 Å². The van der Waals surface area contributed by atoms with E-state index in [2.05, 4.69) is 21.3 Å². The van der Waals surface area contributed by atoms with Gasteiger partial charge in [0.2, 0.25) is 5.91 Å². The number of aliphatic hydroxyl groups excluding tert-OH is 1. The van der Waals surface area contributed by atoms with Gasteiger partial charge in [0.25, 0.3) is 0 Å². The first-order valence-corrected chi connectivity index (χ1v) is 10.6. The van der Waals surface area contributed by atoms with E-state index in [0.29, 0.717) is 31.8 Å². The average molecular weight is 429 g/mol. The number of hydrogen-bond donors (Lipinski definition) is 5. The quantitative estimate of drug-likeness (QED) is 0.334. The Kier molecular flexibility index (Phi) is 10.3. The van der Waals surface area contributed by atoms with Crippen molar-refractivity contribution in [3.8, 4) is 5.75 Å². The van der Waals surface area contributed by atoms with Crippen LogP contribution in [0.25, 0.3) is 0 Å². The predicted molar refractivity (Wildman–Crippen MR) is 123 cm³/mol. The largest absolute Gasteiger partial charge is 0.491 e. The smallest absolute Gasteiger partial charge is 0.319 e. The molecule has 0 aliphatic carbocycles. The first-order chi connectivity index (χ1) is 15.0. The van der Waals surface area contributed by atoms with Crippen molar-refractivity contribution >= 4 is 23.3 Å². The van der Waals surface area contributed by atoms with Gasteiger partial charge < -0.3 is 31.1 Å². The number of aryl methyl sites for hydroxylation is 1. The minimum Gasteiger partial charge on any atom is -0.491 e. The van der Waals surface area contributed by atoms with Crippen LogP contribution in [0.2, 0.25) is 0 Å². The molecule has 8 nitrogen and oxygen atoms in total. The molecule has 168 valence electrons. The number of hydrogen-bond acceptors (Lipinski definition) is 5. The van der Waals surface area contributed by atoms with E-state index in [1.54, 1.807) is 19.1 Å². The first-order valence-electron chi connectivity index (χ1n) is 10.6. The van der Waals surface area contributed by atoms with Crippen molar-refractivity contribution in [1.29, 1.82) is 0 Å². The Balaban J connectivity index is 1.64. The Hall–Kier alpha value is -3.10. The Labute approximate surface area is 183 Å². The summed E-state index contributed by atoms with van der Waals surface area (Å²) >= 11 is 0. The molecule has 0 radical (unpaired) electrons. The molecule has 0 fully saturated rings. The van der Waals surface area contributed by atoms with Crippen molar-refractivity contribution in [3.05, 3.63) is 54.1 Å². The van der Waals surface area contributed by atoms with E-state index in [-0.39, 0.29) is 18.5 Å². The van der Waals surface area contributed by atoms with Crippen molar-refractivity contribution in [2.45, 2.75) is 32.8 Å². The molecule has 0 saturated carbocycles. The first kappa shape index (κ1) is 24.2. The molecule has 1 unspecified atom stereocenters. The lowest BCUT2D eigenvalue weighted by molar-refractivity contribution is -0.115. The summed E-state index contributed by atoms with van der Waals surface area (Å²) in [6.07, 6.45) is 0.477. The summed E-state index contributed by atoms with van der Waals surface area (Å²) in [6.45, 7) is 5.24. The summed E-state index contributed by atoms with van der Waals surface area (Å²) in [6, 6.07) is 14.4. The third-order valence-corrected chi connectivity index (χ3v) is 4.48. The van der Waals surface area contributed by atoms with Crippen LogP contribution in [0.1, 0.15) is 25.8 Å². The Bertz CT molecular complexity index is 830. The number of carbonyl (C=O) groups is 2. The fraction of sp³-hybridized carbons (Fsp3) is 0.391. The standard InChI is InChI=1S/C23H32N4O4/c1-3-17-14-19(26-22(29)4-2)10-11-21(17)31-16-20(28)15-24-12-13-25-23(30)27-18-8-6-5-7-9-18/h5-11,14,20,24,28H,3-4,12-13,15-16H2,1-2H3,(H,26,29)(H2,25,27,30). The molecule has 5 N–H and O–H groups in total. The molecule has 3 amide bonds. The number of benzene rings is 2. The lowest BCUT2D eigenvalue weighted by Crippen LogP contribution is -2.38. The van der Waals surface area contributed by atoms with Gasteiger partial charge in [0, 0.05) is 37.4 Å². The molecule has 0 aliphatic rings. The summed E-state index contributed by atoms with van der Waals surface area (Å²) in [4.78, 5) is 23.3. The maximum absolute atomic E-state index is 11.8. The molecule has 0 saturated heterocycles. The Morgan fingerprint density at radius 2 is 1.77 bits per heavy atom. The van der Waals surface area contributed by atoms with Crippen LogP contribution in [-0.2, 0) is 11.2 Å². The second kappa shape index (κ2) is 13.3. The topological polar surface area (TPSA) is 112 Å². The van der Waals surface area contributed by atoms with Gasteiger partial charge in [-0.2, -0.15) is 0 Å². The number of urea groups is 1. The molecule has 0 heterocycles. The molecule has 0 spiro atoms. The normalized spacial score (nSPS) is 11.5. The van der Waals surface area contributed by atoms with E-state index in [4.69, 9.17) is 4.74 Å². The molecule has 0 aliphatic heterocycles. The van der Waals surface area contributed by atoms with E-state index in [1.165, 1.54) is 0 Å². The van der Waals surface area contributed by atoms with Gasteiger partial charge in [0.05, 0.1) is 0 Å². The van der Waals surface area contributed by atoms with Crippen molar-refractivity contribution in [2.24, 2.45) is 0 Å². The van der Waals surface area contributed by atoms with Gasteiger partial charge in [0.1, 0.15) is 18.5 Å². The zero-order valence-electron chi connectivity index (χ0n) is 18.1. The maximum Gasteiger partial charge on any atom is 0.319 e. The molecule has 2 rings (SSSR count). The molecule has 2 aromatic carbocycles. The van der Waals surface area contributed by atoms with Crippen LogP contribution in [0.15, 0.2) is 48.5 Å². The van der Waals surface area contributed by atoms with Gasteiger partial charge in [0.15, 0.2) is 0 Å². The van der Waals surface area contributed by atoms with E-state index < -0.39 is 6.10 Å². The Morgan fingerprint density at radius 1 is 1.00 bits per heavy atom. The van der Waals surface area contributed by atoms with E-state index in [1.807, 2.05) is 43.3 Å². The van der Waals surface area contributed by atoms with Crippen molar-refractivity contribution < 1.29 is 19.4 Å². The second-order valence-electron chi connectivity index (χ2n) is 6.99. The highest BCUT2D eigenvalue weighted by atomic mass is 16.5. The van der Waals surface area contributed by atoms with Gasteiger partial charge in [-0.1, -0.05) is 32.0 Å². The molecule has 2 aromatic rings. The lowest BCUT2D eigenvalue weighted by Gasteiger charge is -2.16. The summed E-state index contributed by atoms with van der Waals surface area (Å²) < 4.78 is 5.76. The van der Waals surface area contributed by atoms with Gasteiger partial charge in [-0.25, -0.2) is 4.79 Å². The van der Waals surface area contributed by atoms with Crippen LogP contribution in [0.4, 0.5) is 16.2 Å². The fourth-order valence-electron chi connectivity index (χ4n) is 2.80. The Morgan fingerprint density at radius 3 is 2.48 bits per heavy atom. The number of nitrogens with one attached hydrogen (secondary N) is 4. The number of anilines is 2. The SMILES string of the molecule is CCC(=O)Nc1ccc(OCC(O)CNCCNC(=O)Nc2ccccc2)c(CC)c1. The van der Waals surface area contributed by atoms with Gasteiger partial charge in [-0.15, -0.1) is 0 Å². The van der Waals surface area contributed by atoms with Gasteiger partial charge in [-0.3, -0.25) is 4.79 Å². The zero-order valence-corrected chi connectivity index (χ0v) is 18.1. The van der Waals surface area contributed by atoms with Crippen LogP contribution in [0, 0.1) is 0 Å². The predicted octanol–water partition coefficient (Wildman–Crippen LogP) is 2.75. The van der Waals surface area contributed by atoms with Crippen LogP contribution in [-0.4, -0.2) is 49.4 Å². The van der Waals surface area contributed by atoms with E-state index in [9.17, 15) is 14.7 Å². The number of carbonyl (C=O) groups excluding carboxylic acids is 2. The fourth-order valence-corrected chi connectivity index (χ4v) is 2.80. The molecular formula is C23H32N4O4. The summed E-state index contributed by atoms with van der Waals surface area (Å²) in [5, 5.41) is 21.5. The third-order valence-electron chi connectivity index (χ3n) is 4.48. The highest BCUT2D eigenvalue weighted by molar-refractivity contribution is 5.90. The average Bonchev–Trinajstić information content (AvgIpc) is 2.78. The van der Waals surface area contributed by atoms with Crippen LogP contribution < -0.4 is 26.0 Å². The van der Waals surface area contributed by atoms with Crippen LogP contribution >= 0.6 is 0 Å². The second-order valence-corrected chi connectivity index (χ2v) is 6.99. The zero-order chi connectivity index (χ0) is 22.5. The lowest BCUT2D eigenvalue weighted by atomic mass is 10.1. The van der Waals surface area contributed by atoms with E-state index in [0.717, 1.165) is 23.4 Å². The molecule has 0 bridgehead atoms. The van der Waals surface area contributed by atoms with Crippen LogP contribution in [0.3, 0.4) is 0 Å². The monoisotopic (exact) mass is 428 g/mol. The molecule has 8 heteroatoms. The third kappa shape index (κ3) is 9.06. The summed E-state index contributed by atoms with van der Waals surface area (Å²) in [5.41, 5.74) is 2.43. The van der Waals surface area contributed by atoms with Crippen molar-refractivity contribution in [1.82, 2.24) is 10.6 Å². The van der Waals surface area contributed by atoms with Crippen molar-refractivity contribution in [2.75, 3.05) is 36.9 Å². The summed E-state index contributed by atoms with van der Waals surface area (Å²) in [5.74, 6) is 0.652. The number of ether oxygens (including phenoxy) is 1. The van der Waals surface area contributed by atoms with Crippen molar-refractivity contribution in [3.63, 3.8) is 0 Å². The number of para-hydroxylation sites is 1. The molecule has 0 aromatic heterocycles. The number of aliphatic hydroxyl groups is 1. The summed E-state index contributed by atoms with van der Waals surface area (Å²) in [7, 11) is 0. The molecule has 31 heavy (non-hydrogen) atoms. The van der Waals surface area contributed by atoms with E-state index >= 15 is 0 Å². The highest BCUT2D eigenvalue weighted by Crippen LogP contribution is 2.23. The van der Waals surface area contributed by atoms with Crippen LogP contribution in [0.5, 0.6) is 5.75 Å². The minimum atomic E-state index is -0.692. The molecular weight excluding hydrogens is 396 g/mol. The maximum atomic E-state index is 11.8. The molecule has 1 atom stereocenters. The highest BCUT2D eigenvalue weighted by Gasteiger charge is 2.09.